The van der Waals surface area contributed by atoms with Crippen molar-refractivity contribution in [3.8, 4) is 5.75 Å². The zero-order chi connectivity index (χ0) is 16.3. The normalized spacial score (nSPS) is 14.9. The van der Waals surface area contributed by atoms with E-state index in [1.807, 2.05) is 0 Å². The third kappa shape index (κ3) is 3.57. The highest BCUT2D eigenvalue weighted by Gasteiger charge is 2.36. The first-order valence-electron chi connectivity index (χ1n) is 6.19. The molecule has 1 heterocycles. The third-order valence-electron chi connectivity index (χ3n) is 2.94. The number of hydrogen-bond donors (Lipinski definition) is 0. The minimum absolute atomic E-state index is 0.0626. The molecule has 0 saturated carbocycles. The Kier molecular flexibility index (Phi) is 4.38. The zero-order valence-electron chi connectivity index (χ0n) is 11.1. The Morgan fingerprint density at radius 2 is 2.14 bits per heavy atom. The quantitative estimate of drug-likeness (QED) is 0.615. The van der Waals surface area contributed by atoms with Gasteiger partial charge in [-0.25, -0.2) is 4.79 Å². The molecule has 1 fully saturated rings. The summed E-state index contributed by atoms with van der Waals surface area (Å²) in [7, 11) is 0. The number of rotatable bonds is 5. The third-order valence-corrected chi connectivity index (χ3v) is 2.94. The molecule has 1 aromatic rings. The molecule has 120 valence electrons. The Labute approximate surface area is 122 Å². The van der Waals surface area contributed by atoms with Gasteiger partial charge in [0.05, 0.1) is 18.0 Å². The van der Waals surface area contributed by atoms with Crippen LogP contribution in [-0.2, 0) is 10.9 Å². The molecule has 0 radical (unpaired) electrons. The van der Waals surface area contributed by atoms with E-state index in [0.29, 0.717) is 12.6 Å². The molecule has 0 atom stereocenters. The van der Waals surface area contributed by atoms with E-state index >= 15 is 0 Å². The van der Waals surface area contributed by atoms with Crippen LogP contribution in [0.4, 0.5) is 23.7 Å². The van der Waals surface area contributed by atoms with Crippen LogP contribution in [0.15, 0.2) is 18.2 Å². The molecule has 1 saturated heterocycles. The monoisotopic (exact) mass is 320 g/mol. The Balaban J connectivity index is 2.09. The van der Waals surface area contributed by atoms with Gasteiger partial charge in [-0.05, 0) is 6.07 Å². The number of cyclic esters (lactones) is 1. The molecule has 0 aliphatic carbocycles. The topological polar surface area (TPSA) is 81.9 Å². The fourth-order valence-corrected chi connectivity index (χ4v) is 1.87. The molecule has 0 spiro atoms. The van der Waals surface area contributed by atoms with E-state index < -0.39 is 34.2 Å². The lowest BCUT2D eigenvalue weighted by Gasteiger charge is -2.16. The number of alkyl halides is 3. The van der Waals surface area contributed by atoms with E-state index in [1.165, 1.54) is 4.90 Å². The molecule has 7 nitrogen and oxygen atoms in total. The maximum absolute atomic E-state index is 12.9. The molecule has 0 N–H and O–H groups in total. The largest absolute Gasteiger partial charge is 0.491 e. The summed E-state index contributed by atoms with van der Waals surface area (Å²) in [6.45, 7) is 0.446. The SMILES string of the molecule is O=C1OCCN1CCOc1ccc([N+](=O)[O-])cc1C(F)(F)F. The molecule has 0 bridgehead atoms. The minimum Gasteiger partial charge on any atom is -0.491 e. The lowest BCUT2D eigenvalue weighted by Crippen LogP contribution is -2.29. The fourth-order valence-electron chi connectivity index (χ4n) is 1.87. The molecule has 2 rings (SSSR count). The summed E-state index contributed by atoms with van der Waals surface area (Å²) in [6.07, 6.45) is -5.34. The fraction of sp³-hybridized carbons (Fsp3) is 0.417. The van der Waals surface area contributed by atoms with Crippen molar-refractivity contribution in [3.63, 3.8) is 0 Å². The average molecular weight is 320 g/mol. The van der Waals surface area contributed by atoms with Gasteiger partial charge in [-0.2, -0.15) is 13.2 Å². The van der Waals surface area contributed by atoms with E-state index in [0.717, 1.165) is 12.1 Å². The highest BCUT2D eigenvalue weighted by molar-refractivity contribution is 5.69. The Bertz CT molecular complexity index is 591. The molecule has 1 aliphatic rings. The summed E-state index contributed by atoms with van der Waals surface area (Å²) in [5, 5.41) is 10.6. The van der Waals surface area contributed by atoms with Crippen molar-refractivity contribution in [2.45, 2.75) is 6.18 Å². The van der Waals surface area contributed by atoms with Gasteiger partial charge in [-0.1, -0.05) is 0 Å². The molecule has 1 aliphatic heterocycles. The number of hydrogen-bond acceptors (Lipinski definition) is 5. The lowest BCUT2D eigenvalue weighted by molar-refractivity contribution is -0.385. The van der Waals surface area contributed by atoms with Crippen molar-refractivity contribution in [1.82, 2.24) is 4.90 Å². The maximum Gasteiger partial charge on any atom is 0.420 e. The average Bonchev–Trinajstić information content (AvgIpc) is 2.83. The standard InChI is InChI=1S/C12H11F3N2O5/c13-12(14,15)9-7-8(17(19)20)1-2-10(9)21-5-3-16-4-6-22-11(16)18/h1-2,7H,3-6H2. The molecular formula is C12H11F3N2O5. The number of non-ortho nitro benzene ring substituents is 1. The van der Waals surface area contributed by atoms with Gasteiger partial charge in [-0.3, -0.25) is 10.1 Å². The number of amides is 1. The second kappa shape index (κ2) is 6.08. The number of nitrogens with zero attached hydrogens (tertiary/aromatic N) is 2. The van der Waals surface area contributed by atoms with E-state index in [2.05, 4.69) is 4.74 Å². The van der Waals surface area contributed by atoms with Crippen LogP contribution < -0.4 is 4.74 Å². The van der Waals surface area contributed by atoms with Crippen LogP contribution in [0.25, 0.3) is 0 Å². The number of nitro benzene ring substituents is 1. The van der Waals surface area contributed by atoms with E-state index in [1.54, 1.807) is 0 Å². The van der Waals surface area contributed by atoms with Gasteiger partial charge in [0.15, 0.2) is 0 Å². The first kappa shape index (κ1) is 15.9. The van der Waals surface area contributed by atoms with Crippen molar-refractivity contribution in [2.75, 3.05) is 26.3 Å². The van der Waals surface area contributed by atoms with Crippen molar-refractivity contribution in [1.29, 1.82) is 0 Å². The summed E-state index contributed by atoms with van der Waals surface area (Å²) in [6, 6.07) is 2.23. The minimum atomic E-state index is -4.78. The van der Waals surface area contributed by atoms with Crippen LogP contribution in [0.2, 0.25) is 0 Å². The van der Waals surface area contributed by atoms with Gasteiger partial charge >= 0.3 is 12.3 Å². The van der Waals surface area contributed by atoms with Crippen molar-refractivity contribution < 1.29 is 32.4 Å². The van der Waals surface area contributed by atoms with Crippen LogP contribution in [0, 0.1) is 10.1 Å². The summed E-state index contributed by atoms with van der Waals surface area (Å²) in [5.74, 6) is -0.523. The first-order chi connectivity index (χ1) is 10.3. The zero-order valence-corrected chi connectivity index (χ0v) is 11.1. The number of carbonyl (C=O) groups is 1. The van der Waals surface area contributed by atoms with E-state index in [4.69, 9.17) is 4.74 Å². The van der Waals surface area contributed by atoms with Gasteiger partial charge < -0.3 is 14.4 Å². The Hall–Kier alpha value is -2.52. The first-order valence-corrected chi connectivity index (χ1v) is 6.19. The Morgan fingerprint density at radius 1 is 1.41 bits per heavy atom. The van der Waals surface area contributed by atoms with Gasteiger partial charge in [0.2, 0.25) is 0 Å². The number of benzene rings is 1. The highest BCUT2D eigenvalue weighted by Crippen LogP contribution is 2.38. The second-order valence-corrected chi connectivity index (χ2v) is 4.39. The summed E-state index contributed by atoms with van der Waals surface area (Å²) >= 11 is 0. The Morgan fingerprint density at radius 3 is 2.68 bits per heavy atom. The lowest BCUT2D eigenvalue weighted by atomic mass is 10.1. The number of ether oxygens (including phenoxy) is 2. The van der Waals surface area contributed by atoms with Gasteiger partial charge in [0.1, 0.15) is 24.5 Å². The van der Waals surface area contributed by atoms with Crippen molar-refractivity contribution in [3.05, 3.63) is 33.9 Å². The molecule has 0 unspecified atom stereocenters. The van der Waals surface area contributed by atoms with E-state index in [9.17, 15) is 28.1 Å². The summed E-state index contributed by atoms with van der Waals surface area (Å²) in [5.41, 5.74) is -1.91. The molecule has 0 aromatic heterocycles. The van der Waals surface area contributed by atoms with Crippen LogP contribution in [0.5, 0.6) is 5.75 Å². The molecule has 1 amide bonds. The van der Waals surface area contributed by atoms with Crippen LogP contribution in [0.3, 0.4) is 0 Å². The predicted molar refractivity (Wildman–Crippen MR) is 66.5 cm³/mol. The van der Waals surface area contributed by atoms with Crippen molar-refractivity contribution >= 4 is 11.8 Å². The van der Waals surface area contributed by atoms with Crippen LogP contribution in [0.1, 0.15) is 5.56 Å². The van der Waals surface area contributed by atoms with E-state index in [-0.39, 0.29) is 19.8 Å². The van der Waals surface area contributed by atoms with Crippen molar-refractivity contribution in [2.24, 2.45) is 0 Å². The van der Waals surface area contributed by atoms with Gasteiger partial charge in [0, 0.05) is 12.1 Å². The summed E-state index contributed by atoms with van der Waals surface area (Å²) < 4.78 is 48.4. The smallest absolute Gasteiger partial charge is 0.420 e. The van der Waals surface area contributed by atoms with Gasteiger partial charge in [0.25, 0.3) is 5.69 Å². The number of carbonyl (C=O) groups excluding carboxylic acids is 1. The van der Waals surface area contributed by atoms with Crippen LogP contribution >= 0.6 is 0 Å². The molecule has 10 heteroatoms. The number of halogens is 3. The number of nitro groups is 1. The van der Waals surface area contributed by atoms with Crippen LogP contribution in [-0.4, -0.2) is 42.2 Å². The second-order valence-electron chi connectivity index (χ2n) is 4.39. The maximum atomic E-state index is 12.9. The van der Waals surface area contributed by atoms with Gasteiger partial charge in [-0.15, -0.1) is 0 Å². The molecule has 1 aromatic carbocycles. The summed E-state index contributed by atoms with van der Waals surface area (Å²) in [4.78, 5) is 22.1. The molecular weight excluding hydrogens is 309 g/mol. The predicted octanol–water partition coefficient (Wildman–Crippen LogP) is 2.44. The molecule has 22 heavy (non-hydrogen) atoms. The highest BCUT2D eigenvalue weighted by atomic mass is 19.4.